The Morgan fingerprint density at radius 2 is 1.68 bits per heavy atom. The maximum absolute atomic E-state index is 5.50. The first kappa shape index (κ1) is 17.8. The molecule has 0 aliphatic carbocycles. The number of fused-ring (bicyclic) bond motifs is 1. The lowest BCUT2D eigenvalue weighted by Crippen LogP contribution is -2.01. The molecule has 0 bridgehead atoms. The second-order valence-corrected chi connectivity index (χ2v) is 6.47. The lowest BCUT2D eigenvalue weighted by atomic mass is 10.1. The summed E-state index contributed by atoms with van der Waals surface area (Å²) in [6.07, 6.45) is 0. The van der Waals surface area contributed by atoms with Crippen LogP contribution in [0.4, 0.5) is 11.5 Å². The summed E-state index contributed by atoms with van der Waals surface area (Å²) in [4.78, 5) is 9.58. The molecule has 3 aromatic carbocycles. The van der Waals surface area contributed by atoms with E-state index in [9.17, 15) is 0 Å². The highest BCUT2D eigenvalue weighted by Gasteiger charge is 2.12. The van der Waals surface area contributed by atoms with E-state index in [1.807, 2.05) is 54.6 Å². The Bertz CT molecular complexity index is 1140. The molecule has 0 fully saturated rings. The summed E-state index contributed by atoms with van der Waals surface area (Å²) in [5, 5.41) is 4.34. The molecule has 0 amide bonds. The van der Waals surface area contributed by atoms with Crippen molar-refractivity contribution < 1.29 is 9.47 Å². The summed E-state index contributed by atoms with van der Waals surface area (Å²) >= 11 is 0. The number of nitrogens with zero attached hydrogens (tertiary/aromatic N) is 2. The summed E-state index contributed by atoms with van der Waals surface area (Å²) in [5.74, 6) is 2.83. The number of hydrogen-bond donors (Lipinski definition) is 1. The van der Waals surface area contributed by atoms with Crippen molar-refractivity contribution in [2.45, 2.75) is 6.92 Å². The van der Waals surface area contributed by atoms with E-state index in [1.54, 1.807) is 14.2 Å². The number of ether oxygens (including phenoxy) is 2. The number of nitrogens with one attached hydrogen (secondary N) is 1. The van der Waals surface area contributed by atoms with Crippen LogP contribution in [0, 0.1) is 6.92 Å². The topological polar surface area (TPSA) is 56.3 Å². The summed E-state index contributed by atoms with van der Waals surface area (Å²) in [6, 6.07) is 21.7. The van der Waals surface area contributed by atoms with Gasteiger partial charge in [0, 0.05) is 17.0 Å². The van der Waals surface area contributed by atoms with Crippen LogP contribution in [0.25, 0.3) is 22.3 Å². The van der Waals surface area contributed by atoms with Gasteiger partial charge < -0.3 is 14.8 Å². The molecule has 0 aliphatic rings. The summed E-state index contributed by atoms with van der Waals surface area (Å²) in [5.41, 5.74) is 3.80. The van der Waals surface area contributed by atoms with Gasteiger partial charge >= 0.3 is 0 Å². The number of aryl methyl sites for hydroxylation is 1. The fraction of sp³-hybridized carbons (Fsp3) is 0.130. The van der Waals surface area contributed by atoms with E-state index in [-0.39, 0.29) is 0 Å². The van der Waals surface area contributed by atoms with Gasteiger partial charge in [0.15, 0.2) is 5.82 Å². The lowest BCUT2D eigenvalue weighted by Gasteiger charge is -2.14. The van der Waals surface area contributed by atoms with Crippen LogP contribution in [0.15, 0.2) is 66.7 Å². The van der Waals surface area contributed by atoms with E-state index in [0.29, 0.717) is 17.4 Å². The highest BCUT2D eigenvalue weighted by molar-refractivity contribution is 5.92. The quantitative estimate of drug-likeness (QED) is 0.511. The van der Waals surface area contributed by atoms with Gasteiger partial charge in [-0.15, -0.1) is 0 Å². The van der Waals surface area contributed by atoms with Crippen molar-refractivity contribution in [1.29, 1.82) is 0 Å². The average molecular weight is 371 g/mol. The van der Waals surface area contributed by atoms with Gasteiger partial charge in [-0.25, -0.2) is 9.97 Å². The molecule has 0 spiro atoms. The molecule has 4 rings (SSSR count). The molecule has 5 nitrogen and oxygen atoms in total. The highest BCUT2D eigenvalue weighted by atomic mass is 16.5. The second kappa shape index (κ2) is 7.56. The van der Waals surface area contributed by atoms with Crippen molar-refractivity contribution >= 4 is 22.4 Å². The third kappa shape index (κ3) is 3.47. The maximum Gasteiger partial charge on any atom is 0.162 e. The van der Waals surface area contributed by atoms with E-state index < -0.39 is 0 Å². The van der Waals surface area contributed by atoms with Crippen LogP contribution in [-0.2, 0) is 0 Å². The predicted molar refractivity (Wildman–Crippen MR) is 113 cm³/mol. The van der Waals surface area contributed by atoms with Gasteiger partial charge in [0.2, 0.25) is 0 Å². The number of rotatable bonds is 5. The zero-order valence-corrected chi connectivity index (χ0v) is 16.1. The zero-order valence-electron chi connectivity index (χ0n) is 16.1. The third-order valence-electron chi connectivity index (χ3n) is 4.54. The molecule has 4 aromatic rings. The first-order valence-corrected chi connectivity index (χ1v) is 9.01. The van der Waals surface area contributed by atoms with Crippen molar-refractivity contribution in [3.63, 3.8) is 0 Å². The number of para-hydroxylation sites is 1. The highest BCUT2D eigenvalue weighted by Crippen LogP contribution is 2.34. The largest absolute Gasteiger partial charge is 0.497 e. The standard InChI is InChI=1S/C23H21N3O2/c1-15-7-6-8-16(13-15)22-24-19-10-5-4-9-18(19)23(26-22)25-20-14-17(27-2)11-12-21(20)28-3/h4-14H,1-3H3,(H,24,25,26). The van der Waals surface area contributed by atoms with Crippen LogP contribution < -0.4 is 14.8 Å². The van der Waals surface area contributed by atoms with Crippen molar-refractivity contribution in [3.8, 4) is 22.9 Å². The molecule has 0 unspecified atom stereocenters. The van der Waals surface area contributed by atoms with E-state index in [2.05, 4.69) is 24.4 Å². The average Bonchev–Trinajstić information content (AvgIpc) is 2.73. The van der Waals surface area contributed by atoms with Gasteiger partial charge in [-0.2, -0.15) is 0 Å². The number of aromatic nitrogens is 2. The van der Waals surface area contributed by atoms with Gasteiger partial charge in [0.05, 0.1) is 25.4 Å². The van der Waals surface area contributed by atoms with Crippen LogP contribution in [0.2, 0.25) is 0 Å². The minimum atomic E-state index is 0.673. The smallest absolute Gasteiger partial charge is 0.162 e. The maximum atomic E-state index is 5.50. The van der Waals surface area contributed by atoms with Gasteiger partial charge in [-0.05, 0) is 37.3 Å². The lowest BCUT2D eigenvalue weighted by molar-refractivity contribution is 0.405. The van der Waals surface area contributed by atoms with Crippen molar-refractivity contribution in [2.75, 3.05) is 19.5 Å². The molecule has 0 saturated carbocycles. The number of methoxy groups -OCH3 is 2. The van der Waals surface area contributed by atoms with Crippen LogP contribution in [0.5, 0.6) is 11.5 Å². The van der Waals surface area contributed by atoms with Gasteiger partial charge in [0.25, 0.3) is 0 Å². The zero-order chi connectivity index (χ0) is 19.5. The minimum absolute atomic E-state index is 0.673. The predicted octanol–water partition coefficient (Wildman–Crippen LogP) is 5.37. The van der Waals surface area contributed by atoms with E-state index in [0.717, 1.165) is 27.9 Å². The van der Waals surface area contributed by atoms with Gasteiger partial charge in [-0.3, -0.25) is 0 Å². The SMILES string of the molecule is COc1ccc(OC)c(Nc2nc(-c3cccc(C)c3)nc3ccccc23)c1. The van der Waals surface area contributed by atoms with Crippen LogP contribution in [-0.4, -0.2) is 24.2 Å². The fourth-order valence-corrected chi connectivity index (χ4v) is 3.12. The van der Waals surface area contributed by atoms with Gasteiger partial charge in [-0.1, -0.05) is 35.9 Å². The third-order valence-corrected chi connectivity index (χ3v) is 4.54. The molecule has 1 N–H and O–H groups in total. The molecule has 0 radical (unpaired) electrons. The molecule has 0 aliphatic heterocycles. The summed E-state index contributed by atoms with van der Waals surface area (Å²) in [6.45, 7) is 2.06. The molecule has 1 aromatic heterocycles. The normalized spacial score (nSPS) is 10.7. The Kier molecular flexibility index (Phi) is 4.81. The van der Waals surface area contributed by atoms with E-state index >= 15 is 0 Å². The molecule has 0 atom stereocenters. The van der Waals surface area contributed by atoms with Crippen molar-refractivity contribution in [3.05, 3.63) is 72.3 Å². The summed E-state index contributed by atoms with van der Waals surface area (Å²) in [7, 11) is 3.28. The van der Waals surface area contributed by atoms with Crippen LogP contribution in [0.1, 0.15) is 5.56 Å². The molecular formula is C23H21N3O2. The van der Waals surface area contributed by atoms with E-state index in [1.165, 1.54) is 5.56 Å². The number of anilines is 2. The second-order valence-electron chi connectivity index (χ2n) is 6.47. The first-order chi connectivity index (χ1) is 13.7. The number of hydrogen-bond acceptors (Lipinski definition) is 5. The molecular weight excluding hydrogens is 350 g/mol. The molecule has 140 valence electrons. The van der Waals surface area contributed by atoms with Crippen molar-refractivity contribution in [1.82, 2.24) is 9.97 Å². The number of benzene rings is 3. The fourth-order valence-electron chi connectivity index (χ4n) is 3.12. The monoisotopic (exact) mass is 371 g/mol. The molecule has 28 heavy (non-hydrogen) atoms. The first-order valence-electron chi connectivity index (χ1n) is 9.01. The van der Waals surface area contributed by atoms with E-state index in [4.69, 9.17) is 19.4 Å². The Morgan fingerprint density at radius 3 is 2.46 bits per heavy atom. The van der Waals surface area contributed by atoms with Gasteiger partial charge in [0.1, 0.15) is 17.3 Å². The molecule has 0 saturated heterocycles. The Hall–Kier alpha value is -3.60. The Morgan fingerprint density at radius 1 is 0.821 bits per heavy atom. The Balaban J connectivity index is 1.87. The minimum Gasteiger partial charge on any atom is -0.497 e. The van der Waals surface area contributed by atoms with Crippen LogP contribution in [0.3, 0.4) is 0 Å². The van der Waals surface area contributed by atoms with Crippen molar-refractivity contribution in [2.24, 2.45) is 0 Å². The van der Waals surface area contributed by atoms with Crippen LogP contribution >= 0.6 is 0 Å². The summed E-state index contributed by atoms with van der Waals surface area (Å²) < 4.78 is 10.9. The Labute approximate surface area is 164 Å². The molecule has 5 heteroatoms. The molecule has 1 heterocycles.